The molecule has 0 radical (unpaired) electrons. The second kappa shape index (κ2) is 6.59. The van der Waals surface area contributed by atoms with Crippen molar-refractivity contribution in [1.82, 2.24) is 17.6 Å². The number of hydrogen-bond acceptors (Lipinski definition) is 7. The highest BCUT2D eigenvalue weighted by molar-refractivity contribution is 7.90. The molecule has 9 heteroatoms. The van der Waals surface area contributed by atoms with E-state index in [1.807, 2.05) is 25.1 Å². The van der Waals surface area contributed by atoms with E-state index < -0.39 is 10.0 Å². The predicted molar refractivity (Wildman–Crippen MR) is 106 cm³/mol. The third-order valence-electron chi connectivity index (χ3n) is 4.39. The largest absolute Gasteiger partial charge is 0.496 e. The number of hydrogen-bond donors (Lipinski definition) is 0. The van der Waals surface area contributed by atoms with E-state index in [1.54, 1.807) is 43.6 Å². The quantitative estimate of drug-likeness (QED) is 0.511. The number of nitrogens with zero attached hydrogens (tertiary/aromatic N) is 4. The molecule has 4 aromatic rings. The van der Waals surface area contributed by atoms with E-state index in [9.17, 15) is 8.42 Å². The Balaban J connectivity index is 1.95. The summed E-state index contributed by atoms with van der Waals surface area (Å²) in [6.07, 6.45) is 1.58. The van der Waals surface area contributed by atoms with Gasteiger partial charge in [-0.1, -0.05) is 6.07 Å². The molecule has 7 nitrogen and oxygen atoms in total. The summed E-state index contributed by atoms with van der Waals surface area (Å²) in [6, 6.07) is 10.4. The van der Waals surface area contributed by atoms with Crippen molar-refractivity contribution in [3.63, 3.8) is 0 Å². The molecule has 0 fully saturated rings. The average Bonchev–Trinajstić information content (AvgIpc) is 3.28. The monoisotopic (exact) mass is 402 g/mol. The molecule has 2 heterocycles. The lowest BCUT2D eigenvalue weighted by Crippen LogP contribution is -2.14. The second-order valence-corrected chi connectivity index (χ2v) is 8.73. The normalized spacial score (nSPS) is 12.3. The third kappa shape index (κ3) is 2.88. The highest BCUT2D eigenvalue weighted by Gasteiger charge is 2.24. The van der Waals surface area contributed by atoms with E-state index in [0.29, 0.717) is 23.1 Å². The van der Waals surface area contributed by atoms with E-state index >= 15 is 0 Å². The van der Waals surface area contributed by atoms with Crippen molar-refractivity contribution in [3.05, 3.63) is 48.2 Å². The first kappa shape index (κ1) is 17.9. The molecule has 27 heavy (non-hydrogen) atoms. The van der Waals surface area contributed by atoms with Crippen molar-refractivity contribution >= 4 is 43.7 Å². The Labute approximate surface area is 161 Å². The molecular weight excluding hydrogens is 384 g/mol. The lowest BCUT2D eigenvalue weighted by molar-refractivity contribution is 0.374. The van der Waals surface area contributed by atoms with Gasteiger partial charge >= 0.3 is 0 Å². The van der Waals surface area contributed by atoms with Crippen LogP contribution in [0.3, 0.4) is 0 Å². The molecule has 0 aliphatic heterocycles. The fourth-order valence-corrected chi connectivity index (χ4v) is 5.31. The summed E-state index contributed by atoms with van der Waals surface area (Å²) < 4.78 is 41.8. The Morgan fingerprint density at radius 2 is 1.96 bits per heavy atom. The molecule has 0 N–H and O–H groups in total. The van der Waals surface area contributed by atoms with Gasteiger partial charge in [0.15, 0.2) is 0 Å². The van der Waals surface area contributed by atoms with Crippen molar-refractivity contribution < 1.29 is 13.2 Å². The molecule has 0 unspecified atom stereocenters. The third-order valence-corrected chi connectivity index (χ3v) is 6.65. The molecule has 0 amide bonds. The van der Waals surface area contributed by atoms with Crippen LogP contribution in [-0.2, 0) is 16.6 Å². The molecule has 0 aliphatic rings. The SMILES string of the molecule is COc1ccc2c(ccn2S(=O)(=O)c2cccc3nsnc23)c1CN(C)C. The van der Waals surface area contributed by atoms with Crippen molar-refractivity contribution in [2.45, 2.75) is 11.4 Å². The molecule has 140 valence electrons. The van der Waals surface area contributed by atoms with E-state index in [-0.39, 0.29) is 4.90 Å². The van der Waals surface area contributed by atoms with Gasteiger partial charge in [0.05, 0.1) is 24.4 Å². The highest BCUT2D eigenvalue weighted by Crippen LogP contribution is 2.32. The summed E-state index contributed by atoms with van der Waals surface area (Å²) >= 11 is 1.00. The summed E-state index contributed by atoms with van der Waals surface area (Å²) in [4.78, 5) is 2.17. The van der Waals surface area contributed by atoms with Crippen LogP contribution in [0.1, 0.15) is 5.56 Å². The van der Waals surface area contributed by atoms with Crippen LogP contribution in [0, 0.1) is 0 Å². The number of fused-ring (bicyclic) bond motifs is 2. The standard InChI is InChI=1S/C18H18N4O3S2/c1-21(2)11-13-12-9-10-22(15(12)7-8-16(13)25-3)27(23,24)17-6-4-5-14-18(17)20-26-19-14/h4-10H,11H2,1-3H3. The number of rotatable bonds is 5. The predicted octanol–water partition coefficient (Wildman–Crippen LogP) is 2.95. The van der Waals surface area contributed by atoms with Crippen LogP contribution in [0.25, 0.3) is 21.9 Å². The van der Waals surface area contributed by atoms with Crippen molar-refractivity contribution in [2.75, 3.05) is 21.2 Å². The van der Waals surface area contributed by atoms with Gasteiger partial charge in [-0.3, -0.25) is 0 Å². The zero-order valence-corrected chi connectivity index (χ0v) is 16.7. The molecule has 4 rings (SSSR count). The zero-order chi connectivity index (χ0) is 19.2. The summed E-state index contributed by atoms with van der Waals surface area (Å²) in [5.74, 6) is 0.733. The average molecular weight is 403 g/mol. The first-order chi connectivity index (χ1) is 12.9. The lowest BCUT2D eigenvalue weighted by atomic mass is 10.1. The van der Waals surface area contributed by atoms with Gasteiger partial charge in [0.2, 0.25) is 0 Å². The molecule has 0 spiro atoms. The number of methoxy groups -OCH3 is 1. The maximum atomic E-state index is 13.4. The van der Waals surface area contributed by atoms with Crippen molar-refractivity contribution in [2.24, 2.45) is 0 Å². The van der Waals surface area contributed by atoms with Crippen molar-refractivity contribution in [1.29, 1.82) is 0 Å². The van der Waals surface area contributed by atoms with Crippen LogP contribution in [-0.4, -0.2) is 47.2 Å². The van der Waals surface area contributed by atoms with Gasteiger partial charge < -0.3 is 9.64 Å². The Hall–Kier alpha value is -2.49. The molecule has 0 saturated carbocycles. The van der Waals surface area contributed by atoms with Gasteiger partial charge in [0.1, 0.15) is 21.7 Å². The van der Waals surface area contributed by atoms with Gasteiger partial charge in [-0.15, -0.1) is 0 Å². The van der Waals surface area contributed by atoms with Crippen LogP contribution >= 0.6 is 11.7 Å². The van der Waals surface area contributed by atoms with Gasteiger partial charge in [-0.25, -0.2) is 12.4 Å². The highest BCUT2D eigenvalue weighted by atomic mass is 32.2. The Kier molecular flexibility index (Phi) is 4.37. The molecule has 0 saturated heterocycles. The van der Waals surface area contributed by atoms with E-state index in [1.165, 1.54) is 3.97 Å². The zero-order valence-electron chi connectivity index (χ0n) is 15.1. The first-order valence-electron chi connectivity index (χ1n) is 8.22. The van der Waals surface area contributed by atoms with Gasteiger partial charge in [-0.05, 0) is 44.4 Å². The fourth-order valence-electron chi connectivity index (χ4n) is 3.21. The minimum atomic E-state index is -3.82. The summed E-state index contributed by atoms with van der Waals surface area (Å²) in [6.45, 7) is 0.635. The molecule has 2 aromatic heterocycles. The Bertz CT molecular complexity index is 1240. The van der Waals surface area contributed by atoms with Gasteiger partial charge in [-0.2, -0.15) is 8.75 Å². The minimum Gasteiger partial charge on any atom is -0.496 e. The maximum Gasteiger partial charge on any atom is 0.270 e. The summed E-state index contributed by atoms with van der Waals surface area (Å²) in [7, 11) is 1.72. The summed E-state index contributed by atoms with van der Waals surface area (Å²) in [5.41, 5.74) is 2.52. The number of ether oxygens (including phenoxy) is 1. The van der Waals surface area contributed by atoms with E-state index in [0.717, 1.165) is 28.4 Å². The van der Waals surface area contributed by atoms with Crippen LogP contribution in [0.15, 0.2) is 47.5 Å². The fraction of sp³-hybridized carbons (Fsp3) is 0.222. The van der Waals surface area contributed by atoms with Gasteiger partial charge in [0.25, 0.3) is 10.0 Å². The smallest absolute Gasteiger partial charge is 0.270 e. The minimum absolute atomic E-state index is 0.149. The van der Waals surface area contributed by atoms with E-state index in [2.05, 4.69) is 8.75 Å². The topological polar surface area (TPSA) is 77.3 Å². The van der Waals surface area contributed by atoms with Crippen LogP contribution in [0.5, 0.6) is 5.75 Å². The Morgan fingerprint density at radius 3 is 2.70 bits per heavy atom. The van der Waals surface area contributed by atoms with Crippen LogP contribution in [0.4, 0.5) is 0 Å². The first-order valence-corrected chi connectivity index (χ1v) is 10.4. The molecule has 0 aliphatic carbocycles. The number of aromatic nitrogens is 3. The molecular formula is C18H18N4O3S2. The van der Waals surface area contributed by atoms with E-state index in [4.69, 9.17) is 4.74 Å². The summed E-state index contributed by atoms with van der Waals surface area (Å²) in [5, 5.41) is 0.843. The Morgan fingerprint density at radius 1 is 1.15 bits per heavy atom. The maximum absolute atomic E-state index is 13.4. The molecule has 2 aromatic carbocycles. The lowest BCUT2D eigenvalue weighted by Gasteiger charge is -2.15. The van der Waals surface area contributed by atoms with Crippen LogP contribution in [0.2, 0.25) is 0 Å². The molecule has 0 atom stereocenters. The van der Waals surface area contributed by atoms with Crippen molar-refractivity contribution in [3.8, 4) is 5.75 Å². The number of benzene rings is 2. The second-order valence-electron chi connectivity index (χ2n) is 6.42. The van der Waals surface area contributed by atoms with Crippen LogP contribution < -0.4 is 4.74 Å². The molecule has 0 bridgehead atoms. The van der Waals surface area contributed by atoms with Gasteiger partial charge in [0, 0.05) is 23.7 Å².